The minimum atomic E-state index is 0.108. The highest BCUT2D eigenvalue weighted by Gasteiger charge is 2.21. The fourth-order valence-corrected chi connectivity index (χ4v) is 5.13. The van der Waals surface area contributed by atoms with Crippen LogP contribution in [-0.4, -0.2) is 55.2 Å². The van der Waals surface area contributed by atoms with Crippen molar-refractivity contribution in [3.05, 3.63) is 59.2 Å². The Bertz CT molecular complexity index is 996. The molecule has 2 heterocycles. The van der Waals surface area contributed by atoms with Crippen LogP contribution in [0.3, 0.4) is 0 Å². The zero-order valence-corrected chi connectivity index (χ0v) is 18.6. The van der Waals surface area contributed by atoms with E-state index in [4.69, 9.17) is 9.72 Å². The first kappa shape index (κ1) is 21.0. The van der Waals surface area contributed by atoms with Gasteiger partial charge in [0.05, 0.1) is 29.9 Å². The van der Waals surface area contributed by atoms with E-state index in [1.54, 1.807) is 11.3 Å². The number of fused-ring (bicyclic) bond motifs is 1. The maximum Gasteiger partial charge on any atom is 0.233 e. The van der Waals surface area contributed by atoms with E-state index >= 15 is 0 Å². The molecule has 4 rings (SSSR count). The fourth-order valence-electron chi connectivity index (χ4n) is 3.94. The van der Waals surface area contributed by atoms with E-state index in [0.717, 1.165) is 65.7 Å². The topological polar surface area (TPSA) is 45.7 Å². The second-order valence-electron chi connectivity index (χ2n) is 7.94. The first-order valence-corrected chi connectivity index (χ1v) is 11.4. The van der Waals surface area contributed by atoms with Gasteiger partial charge in [0.2, 0.25) is 5.91 Å². The smallest absolute Gasteiger partial charge is 0.233 e. The minimum Gasteiger partial charge on any atom is -0.379 e. The van der Waals surface area contributed by atoms with Gasteiger partial charge in [-0.15, -0.1) is 0 Å². The molecule has 1 fully saturated rings. The van der Waals surface area contributed by atoms with E-state index in [-0.39, 0.29) is 5.91 Å². The van der Waals surface area contributed by atoms with Crippen molar-refractivity contribution in [2.45, 2.75) is 26.7 Å². The molecule has 0 N–H and O–H groups in total. The average molecular weight is 424 g/mol. The predicted octanol–water partition coefficient (Wildman–Crippen LogP) is 4.21. The van der Waals surface area contributed by atoms with E-state index in [2.05, 4.69) is 30.9 Å². The number of benzene rings is 2. The molecule has 6 heteroatoms. The summed E-state index contributed by atoms with van der Waals surface area (Å²) in [6.45, 7) is 9.39. The Morgan fingerprint density at radius 1 is 1.17 bits per heavy atom. The van der Waals surface area contributed by atoms with Gasteiger partial charge in [0.1, 0.15) is 0 Å². The molecular formula is C24H29N3O2S. The van der Waals surface area contributed by atoms with Gasteiger partial charge in [-0.3, -0.25) is 14.6 Å². The minimum absolute atomic E-state index is 0.108. The predicted molar refractivity (Wildman–Crippen MR) is 123 cm³/mol. The van der Waals surface area contributed by atoms with Crippen LogP contribution >= 0.6 is 11.3 Å². The van der Waals surface area contributed by atoms with Crippen molar-refractivity contribution in [1.82, 2.24) is 9.88 Å². The number of anilines is 1. The van der Waals surface area contributed by atoms with Gasteiger partial charge in [-0.05, 0) is 43.0 Å². The lowest BCUT2D eigenvalue weighted by Crippen LogP contribution is -2.39. The maximum atomic E-state index is 13.3. The third-order valence-corrected chi connectivity index (χ3v) is 6.53. The SMILES string of the molecule is Cc1cc(C)c2nc(N(CCCN3CCOCC3)C(=O)Cc3ccccc3)sc2c1. The molecule has 0 saturated carbocycles. The number of ether oxygens (including phenoxy) is 1. The van der Waals surface area contributed by atoms with Crippen molar-refractivity contribution in [1.29, 1.82) is 0 Å². The fraction of sp³-hybridized carbons (Fsp3) is 0.417. The van der Waals surface area contributed by atoms with Crippen molar-refractivity contribution in [3.8, 4) is 0 Å². The number of carbonyl (C=O) groups is 1. The lowest BCUT2D eigenvalue weighted by atomic mass is 10.1. The molecule has 0 atom stereocenters. The van der Waals surface area contributed by atoms with Crippen LogP contribution in [0.2, 0.25) is 0 Å². The zero-order valence-electron chi connectivity index (χ0n) is 17.8. The normalized spacial score (nSPS) is 14.9. The van der Waals surface area contributed by atoms with E-state index in [9.17, 15) is 4.79 Å². The van der Waals surface area contributed by atoms with Crippen LogP contribution in [0, 0.1) is 13.8 Å². The molecule has 1 aromatic heterocycles. The Morgan fingerprint density at radius 2 is 1.93 bits per heavy atom. The number of aryl methyl sites for hydroxylation is 2. The van der Waals surface area contributed by atoms with Crippen LogP contribution in [0.15, 0.2) is 42.5 Å². The summed E-state index contributed by atoms with van der Waals surface area (Å²) >= 11 is 1.62. The van der Waals surface area contributed by atoms with Gasteiger partial charge >= 0.3 is 0 Å². The molecule has 2 aromatic carbocycles. The number of aromatic nitrogens is 1. The highest BCUT2D eigenvalue weighted by atomic mass is 32.1. The number of amides is 1. The number of thiazole rings is 1. The van der Waals surface area contributed by atoms with E-state index in [1.165, 1.54) is 5.56 Å². The lowest BCUT2D eigenvalue weighted by Gasteiger charge is -2.27. The molecular weight excluding hydrogens is 394 g/mol. The molecule has 0 bridgehead atoms. The van der Waals surface area contributed by atoms with Crippen molar-refractivity contribution >= 4 is 32.6 Å². The summed E-state index contributed by atoms with van der Waals surface area (Å²) in [6, 6.07) is 14.3. The molecule has 0 aliphatic carbocycles. The highest BCUT2D eigenvalue weighted by Crippen LogP contribution is 2.32. The molecule has 1 saturated heterocycles. The van der Waals surface area contributed by atoms with Gasteiger partial charge in [0.25, 0.3) is 0 Å². The number of rotatable bonds is 7. The Labute approximate surface area is 182 Å². The van der Waals surface area contributed by atoms with Gasteiger partial charge < -0.3 is 4.74 Å². The van der Waals surface area contributed by atoms with E-state index < -0.39 is 0 Å². The van der Waals surface area contributed by atoms with Crippen LogP contribution in [0.4, 0.5) is 5.13 Å². The Morgan fingerprint density at radius 3 is 2.70 bits per heavy atom. The quantitative estimate of drug-likeness (QED) is 0.571. The summed E-state index contributed by atoms with van der Waals surface area (Å²) < 4.78 is 6.59. The summed E-state index contributed by atoms with van der Waals surface area (Å²) in [4.78, 5) is 22.5. The van der Waals surface area contributed by atoms with E-state index in [1.807, 2.05) is 35.2 Å². The van der Waals surface area contributed by atoms with Crippen molar-refractivity contribution in [2.75, 3.05) is 44.3 Å². The molecule has 3 aromatic rings. The maximum absolute atomic E-state index is 13.3. The number of hydrogen-bond acceptors (Lipinski definition) is 5. The van der Waals surface area contributed by atoms with Crippen LogP contribution in [-0.2, 0) is 16.0 Å². The highest BCUT2D eigenvalue weighted by molar-refractivity contribution is 7.22. The number of carbonyl (C=O) groups excluding carboxylic acids is 1. The van der Waals surface area contributed by atoms with Gasteiger partial charge in [0, 0.05) is 26.2 Å². The Hall–Kier alpha value is -2.28. The second kappa shape index (κ2) is 9.69. The van der Waals surface area contributed by atoms with Gasteiger partial charge in [0.15, 0.2) is 5.13 Å². The summed E-state index contributed by atoms with van der Waals surface area (Å²) in [5.41, 5.74) is 4.43. The molecule has 0 unspecified atom stereocenters. The molecule has 5 nitrogen and oxygen atoms in total. The molecule has 30 heavy (non-hydrogen) atoms. The van der Waals surface area contributed by atoms with Gasteiger partial charge in [-0.2, -0.15) is 0 Å². The molecule has 0 spiro atoms. The van der Waals surface area contributed by atoms with Crippen LogP contribution < -0.4 is 4.90 Å². The monoisotopic (exact) mass is 423 g/mol. The summed E-state index contributed by atoms with van der Waals surface area (Å²) in [7, 11) is 0. The number of hydrogen-bond donors (Lipinski definition) is 0. The third-order valence-electron chi connectivity index (χ3n) is 5.51. The van der Waals surface area contributed by atoms with Crippen LogP contribution in [0.25, 0.3) is 10.2 Å². The summed E-state index contributed by atoms with van der Waals surface area (Å²) in [6.07, 6.45) is 1.32. The van der Waals surface area contributed by atoms with Crippen LogP contribution in [0.1, 0.15) is 23.1 Å². The molecule has 1 aliphatic rings. The molecule has 1 aliphatic heterocycles. The standard InChI is InChI=1S/C24H29N3O2S/c1-18-15-19(2)23-21(16-18)30-24(25-23)27(10-6-9-26-11-13-29-14-12-26)22(28)17-20-7-4-3-5-8-20/h3-5,7-8,15-16H,6,9-14,17H2,1-2H3. The summed E-state index contributed by atoms with van der Waals surface area (Å²) in [5, 5.41) is 0.807. The lowest BCUT2D eigenvalue weighted by molar-refractivity contribution is -0.118. The first-order valence-electron chi connectivity index (χ1n) is 10.6. The molecule has 1 amide bonds. The molecule has 0 radical (unpaired) electrons. The van der Waals surface area contributed by atoms with Crippen molar-refractivity contribution in [3.63, 3.8) is 0 Å². The Balaban J connectivity index is 1.54. The largest absolute Gasteiger partial charge is 0.379 e. The van der Waals surface area contributed by atoms with Crippen LogP contribution in [0.5, 0.6) is 0 Å². The Kier molecular flexibility index (Phi) is 6.77. The van der Waals surface area contributed by atoms with Gasteiger partial charge in [-0.25, -0.2) is 4.98 Å². The zero-order chi connectivity index (χ0) is 20.9. The number of nitrogens with zero attached hydrogens (tertiary/aromatic N) is 3. The summed E-state index contributed by atoms with van der Waals surface area (Å²) in [5.74, 6) is 0.108. The van der Waals surface area contributed by atoms with Crippen molar-refractivity contribution in [2.24, 2.45) is 0 Å². The average Bonchev–Trinajstić information content (AvgIpc) is 3.16. The number of morpholine rings is 1. The van der Waals surface area contributed by atoms with Gasteiger partial charge in [-0.1, -0.05) is 47.7 Å². The third kappa shape index (κ3) is 5.06. The van der Waals surface area contributed by atoms with E-state index in [0.29, 0.717) is 13.0 Å². The molecule has 158 valence electrons. The first-order chi connectivity index (χ1) is 14.6. The second-order valence-corrected chi connectivity index (χ2v) is 8.95. The van der Waals surface area contributed by atoms with Crippen molar-refractivity contribution < 1.29 is 9.53 Å².